The van der Waals surface area contributed by atoms with Gasteiger partial charge in [0.15, 0.2) is 11.5 Å². The maximum absolute atomic E-state index is 13.4. The number of benzene rings is 1. The van der Waals surface area contributed by atoms with Crippen molar-refractivity contribution in [2.45, 2.75) is 55.9 Å². The largest absolute Gasteiger partial charge is 0.497 e. The molecule has 3 aliphatic rings. The first-order valence-corrected chi connectivity index (χ1v) is 11.4. The highest BCUT2D eigenvalue weighted by molar-refractivity contribution is 5.91. The molecule has 6 rings (SSSR count). The molecule has 32 heavy (non-hydrogen) atoms. The molecule has 2 aliphatic carbocycles. The zero-order valence-electron chi connectivity index (χ0n) is 18.1. The number of amides is 1. The standard InChI is InChI=1S/C23H26N6O3/c1-31-18-6-4-16(5-7-18)23(10-11-23)22(30)28-12-8-17(9-13-28)29-14-19(25-27-29)21-24-20(26-32-21)15-2-3-15/h4-7,14-15,17H,2-3,8-13H2,1H3. The summed E-state index contributed by atoms with van der Waals surface area (Å²) in [5.74, 6) is 2.71. The van der Waals surface area contributed by atoms with Gasteiger partial charge in [-0.05, 0) is 56.2 Å². The van der Waals surface area contributed by atoms with Gasteiger partial charge in [0.1, 0.15) is 5.75 Å². The van der Waals surface area contributed by atoms with Crippen LogP contribution in [0.1, 0.15) is 61.9 Å². The van der Waals surface area contributed by atoms with E-state index in [9.17, 15) is 4.79 Å². The monoisotopic (exact) mass is 434 g/mol. The Hall–Kier alpha value is -3.23. The van der Waals surface area contributed by atoms with Crippen molar-refractivity contribution in [1.82, 2.24) is 30.0 Å². The lowest BCUT2D eigenvalue weighted by atomic mass is 9.92. The van der Waals surface area contributed by atoms with Gasteiger partial charge in [-0.15, -0.1) is 5.10 Å². The predicted octanol–water partition coefficient (Wildman–Crippen LogP) is 3.11. The zero-order chi connectivity index (χ0) is 21.7. The third-order valence-corrected chi connectivity index (χ3v) is 7.04. The molecule has 0 atom stereocenters. The van der Waals surface area contributed by atoms with Crippen molar-refractivity contribution in [2.24, 2.45) is 0 Å². The smallest absolute Gasteiger partial charge is 0.280 e. The predicted molar refractivity (Wildman–Crippen MR) is 114 cm³/mol. The highest BCUT2D eigenvalue weighted by atomic mass is 16.5. The molecule has 166 valence electrons. The van der Waals surface area contributed by atoms with Crippen molar-refractivity contribution in [3.63, 3.8) is 0 Å². The van der Waals surface area contributed by atoms with E-state index < -0.39 is 0 Å². The number of ether oxygens (including phenoxy) is 1. The lowest BCUT2D eigenvalue weighted by molar-refractivity contribution is -0.135. The minimum atomic E-state index is -0.350. The van der Waals surface area contributed by atoms with Crippen molar-refractivity contribution in [2.75, 3.05) is 20.2 Å². The van der Waals surface area contributed by atoms with Gasteiger partial charge in [0, 0.05) is 19.0 Å². The van der Waals surface area contributed by atoms with Crippen LogP contribution in [-0.2, 0) is 10.2 Å². The molecular weight excluding hydrogens is 408 g/mol. The molecule has 1 saturated heterocycles. The molecule has 2 aromatic heterocycles. The van der Waals surface area contributed by atoms with Crippen LogP contribution >= 0.6 is 0 Å². The second kappa shape index (κ2) is 7.43. The van der Waals surface area contributed by atoms with Gasteiger partial charge >= 0.3 is 0 Å². The summed E-state index contributed by atoms with van der Waals surface area (Å²) < 4.78 is 12.5. The van der Waals surface area contributed by atoms with Crippen LogP contribution in [0.15, 0.2) is 35.0 Å². The molecule has 3 fully saturated rings. The normalized spacial score (nSPS) is 20.3. The van der Waals surface area contributed by atoms with E-state index in [1.54, 1.807) is 7.11 Å². The average molecular weight is 435 g/mol. The van der Waals surface area contributed by atoms with Crippen LogP contribution in [0, 0.1) is 0 Å². The number of carbonyl (C=O) groups excluding carboxylic acids is 1. The lowest BCUT2D eigenvalue weighted by Gasteiger charge is -2.34. The summed E-state index contributed by atoms with van der Waals surface area (Å²) in [6, 6.07) is 8.14. The first-order chi connectivity index (χ1) is 15.7. The molecule has 3 aromatic rings. The van der Waals surface area contributed by atoms with Crippen molar-refractivity contribution >= 4 is 5.91 Å². The average Bonchev–Trinajstić information content (AvgIpc) is 3.75. The molecule has 9 heteroatoms. The van der Waals surface area contributed by atoms with Crippen molar-refractivity contribution in [1.29, 1.82) is 0 Å². The van der Waals surface area contributed by atoms with Crippen LogP contribution in [0.5, 0.6) is 5.75 Å². The Morgan fingerprint density at radius 2 is 1.88 bits per heavy atom. The maximum Gasteiger partial charge on any atom is 0.280 e. The Morgan fingerprint density at radius 1 is 1.12 bits per heavy atom. The fourth-order valence-corrected chi connectivity index (χ4v) is 4.70. The number of hydrogen-bond donors (Lipinski definition) is 0. The van der Waals surface area contributed by atoms with E-state index in [-0.39, 0.29) is 17.4 Å². The Morgan fingerprint density at radius 3 is 2.53 bits per heavy atom. The molecule has 1 aromatic carbocycles. The second-order valence-electron chi connectivity index (χ2n) is 9.15. The summed E-state index contributed by atoms with van der Waals surface area (Å²) in [4.78, 5) is 19.8. The molecule has 1 amide bonds. The van der Waals surface area contributed by atoms with Crippen LogP contribution in [-0.4, -0.2) is 56.1 Å². The summed E-state index contributed by atoms with van der Waals surface area (Å²) in [6.45, 7) is 1.45. The molecule has 9 nitrogen and oxygen atoms in total. The molecule has 0 spiro atoms. The van der Waals surface area contributed by atoms with E-state index in [1.165, 1.54) is 0 Å². The van der Waals surface area contributed by atoms with Crippen LogP contribution in [0.4, 0.5) is 0 Å². The number of nitrogens with zero attached hydrogens (tertiary/aromatic N) is 6. The number of aromatic nitrogens is 5. The molecule has 0 unspecified atom stereocenters. The topological polar surface area (TPSA) is 99.2 Å². The summed E-state index contributed by atoms with van der Waals surface area (Å²) in [5.41, 5.74) is 1.35. The Labute approximate surface area is 185 Å². The highest BCUT2D eigenvalue weighted by Gasteiger charge is 2.53. The molecule has 3 heterocycles. The number of piperidine rings is 1. The van der Waals surface area contributed by atoms with Crippen molar-refractivity contribution in [3.8, 4) is 17.3 Å². The summed E-state index contributed by atoms with van der Waals surface area (Å²) in [5, 5.41) is 12.6. The fourth-order valence-electron chi connectivity index (χ4n) is 4.70. The highest BCUT2D eigenvalue weighted by Crippen LogP contribution is 2.50. The first-order valence-electron chi connectivity index (χ1n) is 11.4. The number of likely N-dealkylation sites (tertiary alicyclic amines) is 1. The number of carbonyl (C=O) groups is 1. The third kappa shape index (κ3) is 3.36. The molecular formula is C23H26N6O3. The summed E-state index contributed by atoms with van der Waals surface area (Å²) in [6.07, 6.45) is 7.67. The van der Waals surface area contributed by atoms with Gasteiger partial charge in [-0.2, -0.15) is 4.98 Å². The SMILES string of the molecule is COc1ccc(C2(C(=O)N3CCC(n4cc(-c5nc(C6CC6)no5)nn4)CC3)CC2)cc1. The van der Waals surface area contributed by atoms with E-state index >= 15 is 0 Å². The van der Waals surface area contributed by atoms with Crippen molar-refractivity contribution < 1.29 is 14.1 Å². The van der Waals surface area contributed by atoms with E-state index in [0.717, 1.165) is 68.8 Å². The van der Waals surface area contributed by atoms with Crippen LogP contribution < -0.4 is 4.74 Å². The van der Waals surface area contributed by atoms with Gasteiger partial charge in [0.05, 0.1) is 24.8 Å². The van der Waals surface area contributed by atoms with Gasteiger partial charge in [0.25, 0.3) is 5.89 Å². The quantitative estimate of drug-likeness (QED) is 0.588. The minimum Gasteiger partial charge on any atom is -0.497 e. The van der Waals surface area contributed by atoms with Crippen LogP contribution in [0.2, 0.25) is 0 Å². The van der Waals surface area contributed by atoms with Crippen molar-refractivity contribution in [3.05, 3.63) is 41.9 Å². The summed E-state index contributed by atoms with van der Waals surface area (Å²) in [7, 11) is 1.66. The molecule has 0 radical (unpaired) electrons. The maximum atomic E-state index is 13.4. The van der Waals surface area contributed by atoms with E-state index in [1.807, 2.05) is 40.0 Å². The van der Waals surface area contributed by atoms with Gasteiger partial charge in [-0.25, -0.2) is 4.68 Å². The molecule has 0 N–H and O–H groups in total. The van der Waals surface area contributed by atoms with E-state index in [4.69, 9.17) is 9.26 Å². The summed E-state index contributed by atoms with van der Waals surface area (Å²) >= 11 is 0. The first kappa shape index (κ1) is 19.5. The minimum absolute atomic E-state index is 0.210. The molecule has 0 bridgehead atoms. The van der Waals surface area contributed by atoms with E-state index in [2.05, 4.69) is 20.5 Å². The zero-order valence-corrected chi connectivity index (χ0v) is 18.1. The number of rotatable bonds is 6. The molecule has 2 saturated carbocycles. The van der Waals surface area contributed by atoms with E-state index in [0.29, 0.717) is 17.5 Å². The second-order valence-corrected chi connectivity index (χ2v) is 9.15. The van der Waals surface area contributed by atoms with Gasteiger partial charge in [0.2, 0.25) is 5.91 Å². The Kier molecular flexibility index (Phi) is 4.51. The fraction of sp³-hybridized carbons (Fsp3) is 0.522. The van der Waals surface area contributed by atoms with Crippen LogP contribution in [0.25, 0.3) is 11.6 Å². The lowest BCUT2D eigenvalue weighted by Crippen LogP contribution is -2.44. The molecule has 1 aliphatic heterocycles. The number of hydrogen-bond acceptors (Lipinski definition) is 7. The third-order valence-electron chi connectivity index (χ3n) is 7.04. The van der Waals surface area contributed by atoms with Gasteiger partial charge in [-0.1, -0.05) is 22.5 Å². The van der Waals surface area contributed by atoms with Crippen LogP contribution in [0.3, 0.4) is 0 Å². The van der Waals surface area contributed by atoms with Gasteiger partial charge < -0.3 is 14.2 Å². The Balaban J connectivity index is 1.10. The van der Waals surface area contributed by atoms with Gasteiger partial charge in [-0.3, -0.25) is 4.79 Å². The number of methoxy groups -OCH3 is 1. The Bertz CT molecular complexity index is 1120.